The van der Waals surface area contributed by atoms with E-state index in [-0.39, 0.29) is 0 Å². The Kier molecular flexibility index (Phi) is 3.39. The van der Waals surface area contributed by atoms with Crippen molar-refractivity contribution in [3.05, 3.63) is 16.7 Å². The molecule has 2 rings (SSSR count). The van der Waals surface area contributed by atoms with Crippen LogP contribution >= 0.6 is 0 Å². The summed E-state index contributed by atoms with van der Waals surface area (Å²) < 4.78 is 19.8. The highest BCUT2D eigenvalue weighted by molar-refractivity contribution is 5.41. The fourth-order valence-electron chi connectivity index (χ4n) is 1.92. The maximum Gasteiger partial charge on any atom is 0.351 e. The lowest BCUT2D eigenvalue weighted by molar-refractivity contribution is -0.0923. The first-order valence-electron chi connectivity index (χ1n) is 5.52. The van der Waals surface area contributed by atoms with Crippen LogP contribution in [0.15, 0.2) is 11.0 Å². The molecule has 4 atom stereocenters. The molecule has 1 fully saturated rings. The highest BCUT2D eigenvalue weighted by Gasteiger charge is 2.55. The molecular weight excluding hydrogens is 273 g/mol. The summed E-state index contributed by atoms with van der Waals surface area (Å²) in [6, 6.07) is 0. The molecule has 0 spiro atoms. The number of alkyl halides is 1. The number of halogens is 1. The van der Waals surface area contributed by atoms with Crippen molar-refractivity contribution in [3.8, 4) is 18.1 Å². The van der Waals surface area contributed by atoms with Crippen LogP contribution in [0.3, 0.4) is 0 Å². The van der Waals surface area contributed by atoms with Crippen molar-refractivity contribution >= 4 is 5.82 Å². The monoisotopic (exact) mass is 285 g/mol. The first-order valence-corrected chi connectivity index (χ1v) is 5.52. The summed E-state index contributed by atoms with van der Waals surface area (Å²) in [5.74, 6) is 0.984. The lowest BCUT2D eigenvalue weighted by Gasteiger charge is -2.23. The van der Waals surface area contributed by atoms with Gasteiger partial charge in [0.25, 0.3) is 0 Å². The molecule has 1 aliphatic heterocycles. The maximum atomic E-state index is 14.1. The Hall–Kier alpha value is -2.15. The Bertz CT molecular complexity index is 627. The standard InChI is InChI=1S/C11H12FN3O5/c1-2-11(4-16)7(18)6(12)9(20-11)15-3-5(17)8(13)14-10(15)19/h1,3,6-7,9,16-18H,4H2,(H2,13,14,19). The van der Waals surface area contributed by atoms with Crippen molar-refractivity contribution in [2.24, 2.45) is 0 Å². The number of aliphatic hydroxyl groups is 2. The predicted octanol–water partition coefficient (Wildman–Crippen LogP) is -1.88. The zero-order chi connectivity index (χ0) is 15.1. The molecule has 8 nitrogen and oxygen atoms in total. The lowest BCUT2D eigenvalue weighted by atomic mass is 9.98. The first-order chi connectivity index (χ1) is 9.36. The molecule has 108 valence electrons. The van der Waals surface area contributed by atoms with E-state index in [2.05, 4.69) is 4.98 Å². The minimum Gasteiger partial charge on any atom is -0.503 e. The topological polar surface area (TPSA) is 131 Å². The Morgan fingerprint density at radius 2 is 2.35 bits per heavy atom. The van der Waals surface area contributed by atoms with Gasteiger partial charge >= 0.3 is 5.69 Å². The Balaban J connectivity index is 2.48. The van der Waals surface area contributed by atoms with Gasteiger partial charge in [-0.05, 0) is 0 Å². The highest BCUT2D eigenvalue weighted by Crippen LogP contribution is 2.38. The fourth-order valence-corrected chi connectivity index (χ4v) is 1.92. The second-order valence-electron chi connectivity index (χ2n) is 4.29. The average molecular weight is 285 g/mol. The number of terminal acetylenes is 1. The molecule has 2 heterocycles. The van der Waals surface area contributed by atoms with Crippen molar-refractivity contribution in [3.63, 3.8) is 0 Å². The van der Waals surface area contributed by atoms with Gasteiger partial charge < -0.3 is 25.8 Å². The van der Waals surface area contributed by atoms with Crippen LogP contribution < -0.4 is 11.4 Å². The molecule has 0 saturated carbocycles. The van der Waals surface area contributed by atoms with Crippen LogP contribution in [0.25, 0.3) is 0 Å². The molecule has 1 aromatic heterocycles. The molecule has 1 aromatic rings. The number of hydrogen-bond acceptors (Lipinski definition) is 7. The molecule has 1 aliphatic rings. The zero-order valence-corrected chi connectivity index (χ0v) is 10.1. The smallest absolute Gasteiger partial charge is 0.351 e. The van der Waals surface area contributed by atoms with Gasteiger partial charge in [0, 0.05) is 0 Å². The molecule has 4 unspecified atom stereocenters. The Labute approximate surface area is 112 Å². The van der Waals surface area contributed by atoms with Gasteiger partial charge in [-0.3, -0.25) is 4.57 Å². The van der Waals surface area contributed by atoms with E-state index in [0.717, 1.165) is 6.20 Å². The minimum absolute atomic E-state index is 0.425. The van der Waals surface area contributed by atoms with Gasteiger partial charge in [0.15, 0.2) is 29.6 Å². The van der Waals surface area contributed by atoms with Gasteiger partial charge in [-0.1, -0.05) is 5.92 Å². The minimum atomic E-state index is -2.10. The zero-order valence-electron chi connectivity index (χ0n) is 10.1. The third-order valence-electron chi connectivity index (χ3n) is 3.10. The number of ether oxygens (including phenoxy) is 1. The molecule has 0 radical (unpaired) electrons. The number of nitrogen functional groups attached to an aromatic ring is 1. The molecule has 0 aliphatic carbocycles. The van der Waals surface area contributed by atoms with Crippen molar-refractivity contribution in [1.82, 2.24) is 9.55 Å². The van der Waals surface area contributed by atoms with Gasteiger partial charge in [0.2, 0.25) is 0 Å². The summed E-state index contributed by atoms with van der Waals surface area (Å²) in [5, 5.41) is 28.3. The number of hydrogen-bond donors (Lipinski definition) is 4. The Morgan fingerprint density at radius 3 is 2.85 bits per heavy atom. The van der Waals surface area contributed by atoms with Gasteiger partial charge in [-0.25, -0.2) is 9.18 Å². The second-order valence-corrected chi connectivity index (χ2v) is 4.29. The average Bonchev–Trinajstić information content (AvgIpc) is 2.68. The molecule has 0 aromatic carbocycles. The van der Waals surface area contributed by atoms with E-state index in [4.69, 9.17) is 16.9 Å². The van der Waals surface area contributed by atoms with Gasteiger partial charge in [0.1, 0.15) is 6.10 Å². The SMILES string of the molecule is C#CC1(CO)OC(n2cc(O)c(N)nc2=O)C(F)C1O. The third kappa shape index (κ3) is 1.90. The number of anilines is 1. The molecular formula is C11H12FN3O5. The van der Waals surface area contributed by atoms with Gasteiger partial charge in [-0.2, -0.15) is 4.98 Å². The maximum absolute atomic E-state index is 14.1. The van der Waals surface area contributed by atoms with E-state index in [1.54, 1.807) is 0 Å². The van der Waals surface area contributed by atoms with Gasteiger partial charge in [0.05, 0.1) is 12.8 Å². The van der Waals surface area contributed by atoms with Crippen molar-refractivity contribution in [2.75, 3.05) is 12.3 Å². The van der Waals surface area contributed by atoms with E-state index in [1.807, 2.05) is 5.92 Å². The van der Waals surface area contributed by atoms with Crippen LogP contribution in [-0.2, 0) is 4.74 Å². The van der Waals surface area contributed by atoms with E-state index in [9.17, 15) is 24.5 Å². The summed E-state index contributed by atoms with van der Waals surface area (Å²) in [5.41, 5.74) is 2.26. The summed E-state index contributed by atoms with van der Waals surface area (Å²) >= 11 is 0. The molecule has 0 bridgehead atoms. The third-order valence-corrected chi connectivity index (χ3v) is 3.10. The van der Waals surface area contributed by atoms with Gasteiger partial charge in [-0.15, -0.1) is 6.42 Å². The van der Waals surface area contributed by atoms with Crippen LogP contribution in [-0.4, -0.2) is 49.4 Å². The Morgan fingerprint density at radius 1 is 1.70 bits per heavy atom. The van der Waals surface area contributed by atoms with E-state index >= 15 is 0 Å². The van der Waals surface area contributed by atoms with E-state index < -0.39 is 48.0 Å². The number of aromatic hydroxyl groups is 1. The summed E-state index contributed by atoms with van der Waals surface area (Å²) in [7, 11) is 0. The first kappa shape index (κ1) is 14.3. The van der Waals surface area contributed by atoms with Crippen molar-refractivity contribution in [2.45, 2.75) is 24.1 Å². The quantitative estimate of drug-likeness (QED) is 0.468. The van der Waals surface area contributed by atoms with Crippen molar-refractivity contribution < 1.29 is 24.4 Å². The molecule has 1 saturated heterocycles. The lowest BCUT2D eigenvalue weighted by Crippen LogP contribution is -2.44. The summed E-state index contributed by atoms with van der Waals surface area (Å²) in [6.45, 7) is -0.843. The number of aliphatic hydroxyl groups excluding tert-OH is 2. The van der Waals surface area contributed by atoms with Crippen LogP contribution in [0.2, 0.25) is 0 Å². The number of rotatable bonds is 2. The largest absolute Gasteiger partial charge is 0.503 e. The summed E-state index contributed by atoms with van der Waals surface area (Å²) in [6.07, 6.45) is 0.374. The molecule has 5 N–H and O–H groups in total. The van der Waals surface area contributed by atoms with E-state index in [1.165, 1.54) is 0 Å². The predicted molar refractivity (Wildman–Crippen MR) is 64.2 cm³/mol. The van der Waals surface area contributed by atoms with Crippen LogP contribution in [0.4, 0.5) is 10.2 Å². The number of nitrogens with zero attached hydrogens (tertiary/aromatic N) is 2. The highest BCUT2D eigenvalue weighted by atomic mass is 19.1. The molecule has 9 heteroatoms. The fraction of sp³-hybridized carbons (Fsp3) is 0.455. The summed E-state index contributed by atoms with van der Waals surface area (Å²) in [4.78, 5) is 14.9. The number of nitrogens with two attached hydrogens (primary N) is 1. The molecule has 0 amide bonds. The van der Waals surface area contributed by atoms with Crippen LogP contribution in [0.5, 0.6) is 5.75 Å². The van der Waals surface area contributed by atoms with Crippen molar-refractivity contribution in [1.29, 1.82) is 0 Å². The van der Waals surface area contributed by atoms with Crippen LogP contribution in [0.1, 0.15) is 6.23 Å². The van der Waals surface area contributed by atoms with Crippen LogP contribution in [0, 0.1) is 12.3 Å². The second kappa shape index (κ2) is 4.75. The normalized spacial score (nSPS) is 33.0. The number of aromatic nitrogens is 2. The molecule has 20 heavy (non-hydrogen) atoms. The van der Waals surface area contributed by atoms with E-state index in [0.29, 0.717) is 4.57 Å².